The second-order valence-electron chi connectivity index (χ2n) is 6.19. The molecule has 2 amide bonds. The molecule has 1 fully saturated rings. The van der Waals surface area contributed by atoms with Crippen molar-refractivity contribution in [2.45, 2.75) is 19.3 Å². The highest BCUT2D eigenvalue weighted by Crippen LogP contribution is 2.22. The van der Waals surface area contributed by atoms with Crippen LogP contribution in [0.1, 0.15) is 29.6 Å². The predicted molar refractivity (Wildman–Crippen MR) is 104 cm³/mol. The number of carbonyl (C=O) groups excluding carboxylic acids is 2. The Morgan fingerprint density at radius 1 is 1.00 bits per heavy atom. The summed E-state index contributed by atoms with van der Waals surface area (Å²) in [6.07, 6.45) is 3.23. The van der Waals surface area contributed by atoms with Gasteiger partial charge in [-0.1, -0.05) is 28.1 Å². The summed E-state index contributed by atoms with van der Waals surface area (Å²) in [5, 5.41) is 2.77. The molecule has 0 saturated carbocycles. The zero-order valence-electron chi connectivity index (χ0n) is 14.4. The van der Waals surface area contributed by atoms with Gasteiger partial charge in [0.1, 0.15) is 5.75 Å². The molecule has 136 valence electrons. The van der Waals surface area contributed by atoms with Crippen molar-refractivity contribution in [1.29, 1.82) is 0 Å². The summed E-state index contributed by atoms with van der Waals surface area (Å²) in [6, 6.07) is 14.4. The average Bonchev–Trinajstić information content (AvgIpc) is 2.68. The topological polar surface area (TPSA) is 58.6 Å². The molecule has 0 spiro atoms. The number of nitrogens with zero attached hydrogens (tertiary/aromatic N) is 1. The number of ether oxygens (including phenoxy) is 1. The third-order valence-corrected chi connectivity index (χ3v) is 4.78. The summed E-state index contributed by atoms with van der Waals surface area (Å²) in [4.78, 5) is 26.7. The number of carbonyl (C=O) groups is 2. The molecule has 1 aliphatic rings. The molecular weight excluding hydrogens is 396 g/mol. The van der Waals surface area contributed by atoms with E-state index in [-0.39, 0.29) is 18.4 Å². The molecule has 0 unspecified atom stereocenters. The second kappa shape index (κ2) is 8.85. The highest BCUT2D eigenvalue weighted by atomic mass is 79.9. The van der Waals surface area contributed by atoms with E-state index in [1.165, 1.54) is 0 Å². The van der Waals surface area contributed by atoms with Crippen LogP contribution in [0.2, 0.25) is 0 Å². The molecule has 5 nitrogen and oxygen atoms in total. The van der Waals surface area contributed by atoms with Crippen molar-refractivity contribution >= 4 is 33.4 Å². The molecule has 1 heterocycles. The van der Waals surface area contributed by atoms with Crippen molar-refractivity contribution < 1.29 is 14.3 Å². The maximum absolute atomic E-state index is 12.7. The van der Waals surface area contributed by atoms with E-state index in [9.17, 15) is 9.59 Å². The van der Waals surface area contributed by atoms with Gasteiger partial charge in [-0.2, -0.15) is 0 Å². The zero-order chi connectivity index (χ0) is 18.4. The van der Waals surface area contributed by atoms with Crippen molar-refractivity contribution in [3.8, 4) is 5.75 Å². The molecule has 1 aliphatic heterocycles. The first-order valence-electron chi connectivity index (χ1n) is 8.70. The smallest absolute Gasteiger partial charge is 0.262 e. The first-order chi connectivity index (χ1) is 12.6. The third-order valence-electron chi connectivity index (χ3n) is 4.25. The SMILES string of the molecule is O=C(COc1ccccc1C(=O)N1CCCCC1)Nc1ccc(Br)cc1. The number of halogens is 1. The molecular formula is C20H21BrN2O3. The van der Waals surface area contributed by atoms with Crippen molar-refractivity contribution in [2.75, 3.05) is 25.0 Å². The van der Waals surface area contributed by atoms with Gasteiger partial charge in [0.15, 0.2) is 6.61 Å². The summed E-state index contributed by atoms with van der Waals surface area (Å²) < 4.78 is 6.58. The predicted octanol–water partition coefficient (Wildman–Crippen LogP) is 4.09. The molecule has 0 radical (unpaired) electrons. The normalized spacial score (nSPS) is 14.0. The van der Waals surface area contributed by atoms with Crippen LogP contribution < -0.4 is 10.1 Å². The molecule has 0 aliphatic carbocycles. The maximum Gasteiger partial charge on any atom is 0.262 e. The molecule has 0 bridgehead atoms. The lowest BCUT2D eigenvalue weighted by molar-refractivity contribution is -0.118. The number of piperidine rings is 1. The Labute approximate surface area is 161 Å². The second-order valence-corrected chi connectivity index (χ2v) is 7.11. The van der Waals surface area contributed by atoms with Gasteiger partial charge in [-0.3, -0.25) is 9.59 Å². The summed E-state index contributed by atoms with van der Waals surface area (Å²) in [7, 11) is 0. The number of hydrogen-bond acceptors (Lipinski definition) is 3. The summed E-state index contributed by atoms with van der Waals surface area (Å²) in [6.45, 7) is 1.40. The van der Waals surface area contributed by atoms with E-state index in [0.29, 0.717) is 17.0 Å². The Morgan fingerprint density at radius 3 is 2.42 bits per heavy atom. The number of nitrogens with one attached hydrogen (secondary N) is 1. The van der Waals surface area contributed by atoms with Gasteiger partial charge < -0.3 is 15.0 Å². The fraction of sp³-hybridized carbons (Fsp3) is 0.300. The van der Waals surface area contributed by atoms with Crippen molar-refractivity contribution in [1.82, 2.24) is 4.90 Å². The number of rotatable bonds is 5. The van der Waals surface area contributed by atoms with Gasteiger partial charge in [-0.05, 0) is 55.7 Å². The van der Waals surface area contributed by atoms with Crippen LogP contribution in [0, 0.1) is 0 Å². The fourth-order valence-electron chi connectivity index (χ4n) is 2.91. The standard InChI is InChI=1S/C20H21BrN2O3/c21-15-8-10-16(11-9-15)22-19(24)14-26-18-7-3-2-6-17(18)20(25)23-12-4-1-5-13-23/h2-3,6-11H,1,4-5,12-14H2,(H,22,24). The van der Waals surface area contributed by atoms with Crippen molar-refractivity contribution in [2.24, 2.45) is 0 Å². The molecule has 0 aromatic heterocycles. The fourth-order valence-corrected chi connectivity index (χ4v) is 3.17. The molecule has 6 heteroatoms. The molecule has 1 saturated heterocycles. The van der Waals surface area contributed by atoms with E-state index in [0.717, 1.165) is 36.8 Å². The zero-order valence-corrected chi connectivity index (χ0v) is 16.0. The van der Waals surface area contributed by atoms with Crippen LogP contribution in [0.5, 0.6) is 5.75 Å². The lowest BCUT2D eigenvalue weighted by atomic mass is 10.1. The van der Waals surface area contributed by atoms with Crippen LogP contribution in [0.15, 0.2) is 53.0 Å². The summed E-state index contributed by atoms with van der Waals surface area (Å²) >= 11 is 3.35. The number of benzene rings is 2. The van der Waals surface area contributed by atoms with Crippen LogP contribution in [0.3, 0.4) is 0 Å². The summed E-state index contributed by atoms with van der Waals surface area (Å²) in [5.41, 5.74) is 1.20. The summed E-state index contributed by atoms with van der Waals surface area (Å²) in [5.74, 6) is 0.134. The minimum Gasteiger partial charge on any atom is -0.483 e. The maximum atomic E-state index is 12.7. The van der Waals surface area contributed by atoms with E-state index in [1.54, 1.807) is 30.3 Å². The monoisotopic (exact) mass is 416 g/mol. The van der Waals surface area contributed by atoms with Gasteiger partial charge in [0.05, 0.1) is 5.56 Å². The van der Waals surface area contributed by atoms with Gasteiger partial charge in [0, 0.05) is 23.2 Å². The highest BCUT2D eigenvalue weighted by Gasteiger charge is 2.21. The Balaban J connectivity index is 1.61. The number of hydrogen-bond donors (Lipinski definition) is 1. The van der Waals surface area contributed by atoms with E-state index in [1.807, 2.05) is 23.1 Å². The Hall–Kier alpha value is -2.34. The van der Waals surface area contributed by atoms with Gasteiger partial charge in [-0.25, -0.2) is 0 Å². The minimum absolute atomic E-state index is 0.0337. The lowest BCUT2D eigenvalue weighted by Crippen LogP contribution is -2.35. The Morgan fingerprint density at radius 2 is 1.69 bits per heavy atom. The molecule has 26 heavy (non-hydrogen) atoms. The molecule has 1 N–H and O–H groups in total. The van der Waals surface area contributed by atoms with Gasteiger partial charge in [-0.15, -0.1) is 0 Å². The molecule has 2 aromatic rings. The first kappa shape index (κ1) is 18.5. The Kier molecular flexibility index (Phi) is 6.28. The third kappa shape index (κ3) is 4.85. The number of amides is 2. The van der Waals surface area contributed by atoms with Gasteiger partial charge in [0.2, 0.25) is 0 Å². The molecule has 0 atom stereocenters. The van der Waals surface area contributed by atoms with Crippen LogP contribution in [-0.4, -0.2) is 36.4 Å². The minimum atomic E-state index is -0.271. The average molecular weight is 417 g/mol. The van der Waals surface area contributed by atoms with Gasteiger partial charge >= 0.3 is 0 Å². The van der Waals surface area contributed by atoms with E-state index in [2.05, 4.69) is 21.2 Å². The Bertz CT molecular complexity index is 771. The quantitative estimate of drug-likeness (QED) is 0.797. The van der Waals surface area contributed by atoms with Crippen LogP contribution in [0.25, 0.3) is 0 Å². The van der Waals surface area contributed by atoms with Crippen molar-refractivity contribution in [3.63, 3.8) is 0 Å². The first-order valence-corrected chi connectivity index (χ1v) is 9.49. The molecule has 3 rings (SSSR count). The van der Waals surface area contributed by atoms with E-state index in [4.69, 9.17) is 4.74 Å². The van der Waals surface area contributed by atoms with E-state index >= 15 is 0 Å². The number of para-hydroxylation sites is 1. The van der Waals surface area contributed by atoms with Crippen LogP contribution in [-0.2, 0) is 4.79 Å². The lowest BCUT2D eigenvalue weighted by Gasteiger charge is -2.27. The number of anilines is 1. The molecule has 2 aromatic carbocycles. The van der Waals surface area contributed by atoms with Gasteiger partial charge in [0.25, 0.3) is 11.8 Å². The van der Waals surface area contributed by atoms with Crippen LogP contribution >= 0.6 is 15.9 Å². The van der Waals surface area contributed by atoms with E-state index < -0.39 is 0 Å². The van der Waals surface area contributed by atoms with Crippen LogP contribution in [0.4, 0.5) is 5.69 Å². The highest BCUT2D eigenvalue weighted by molar-refractivity contribution is 9.10. The number of likely N-dealkylation sites (tertiary alicyclic amines) is 1. The largest absolute Gasteiger partial charge is 0.483 e. The van der Waals surface area contributed by atoms with Crippen molar-refractivity contribution in [3.05, 3.63) is 58.6 Å².